The van der Waals surface area contributed by atoms with Crippen LogP contribution in [0.5, 0.6) is 0 Å². The normalized spacial score (nSPS) is 16.0. The van der Waals surface area contributed by atoms with Crippen LogP contribution in [0.1, 0.15) is 17.3 Å². The van der Waals surface area contributed by atoms with Gasteiger partial charge in [-0.2, -0.15) is 0 Å². The van der Waals surface area contributed by atoms with Crippen LogP contribution in [0.4, 0.5) is 0 Å². The van der Waals surface area contributed by atoms with Crippen LogP contribution in [-0.4, -0.2) is 61.0 Å². The van der Waals surface area contributed by atoms with Crippen LogP contribution in [0.3, 0.4) is 0 Å². The van der Waals surface area contributed by atoms with Gasteiger partial charge in [-0.05, 0) is 19.1 Å². The molecule has 1 aromatic rings. The summed E-state index contributed by atoms with van der Waals surface area (Å²) in [6, 6.07) is 9.35. The number of hydrogen-bond acceptors (Lipinski definition) is 4. The van der Waals surface area contributed by atoms with Crippen molar-refractivity contribution < 1.29 is 14.3 Å². The number of ether oxygens (including phenoxy) is 1. The summed E-state index contributed by atoms with van der Waals surface area (Å²) >= 11 is 0. The molecule has 1 aliphatic rings. The van der Waals surface area contributed by atoms with Crippen LogP contribution in [0.2, 0.25) is 0 Å². The summed E-state index contributed by atoms with van der Waals surface area (Å²) < 4.78 is 4.83. The molecule has 0 radical (unpaired) electrons. The molecule has 5 nitrogen and oxygen atoms in total. The molecule has 1 aromatic carbocycles. The van der Waals surface area contributed by atoms with Gasteiger partial charge in [0.15, 0.2) is 0 Å². The second-order valence-corrected chi connectivity index (χ2v) is 5.11. The first-order valence-corrected chi connectivity index (χ1v) is 7.60. The van der Waals surface area contributed by atoms with Crippen molar-refractivity contribution in [1.82, 2.24) is 9.80 Å². The Morgan fingerprint density at radius 3 is 2.45 bits per heavy atom. The molecule has 5 heteroatoms. The fraction of sp³-hybridized carbons (Fsp3) is 0.412. The second kappa shape index (κ2) is 8.34. The zero-order valence-corrected chi connectivity index (χ0v) is 12.9. The highest BCUT2D eigenvalue weighted by molar-refractivity contribution is 5.94. The van der Waals surface area contributed by atoms with Gasteiger partial charge in [0.25, 0.3) is 5.91 Å². The quantitative estimate of drug-likeness (QED) is 0.612. The van der Waals surface area contributed by atoms with Gasteiger partial charge in [0.2, 0.25) is 0 Å². The first-order valence-electron chi connectivity index (χ1n) is 7.60. The molecule has 0 saturated carbocycles. The van der Waals surface area contributed by atoms with Gasteiger partial charge >= 0.3 is 5.97 Å². The van der Waals surface area contributed by atoms with E-state index in [1.165, 1.54) is 6.08 Å². The van der Waals surface area contributed by atoms with Crippen LogP contribution < -0.4 is 0 Å². The minimum atomic E-state index is -0.305. The summed E-state index contributed by atoms with van der Waals surface area (Å²) in [5.41, 5.74) is 0.734. The molecule has 1 saturated heterocycles. The number of benzene rings is 1. The van der Waals surface area contributed by atoms with Gasteiger partial charge in [0, 0.05) is 44.4 Å². The SMILES string of the molecule is CCOC(=O)/C=C/CN1CCN(C(=O)c2ccccc2)CC1. The van der Waals surface area contributed by atoms with E-state index in [1.54, 1.807) is 6.92 Å². The van der Waals surface area contributed by atoms with Crippen LogP contribution in [-0.2, 0) is 9.53 Å². The third kappa shape index (κ3) is 4.70. The standard InChI is InChI=1S/C17H22N2O3/c1-2-22-16(20)9-6-10-18-11-13-19(14-12-18)17(21)15-7-4-3-5-8-15/h3-9H,2,10-14H2,1H3/b9-6+. The van der Waals surface area contributed by atoms with E-state index in [1.807, 2.05) is 41.3 Å². The summed E-state index contributed by atoms with van der Waals surface area (Å²) in [5.74, 6) is -0.220. The van der Waals surface area contributed by atoms with E-state index in [2.05, 4.69) is 4.90 Å². The predicted octanol–water partition coefficient (Wildman–Crippen LogP) is 1.56. The van der Waals surface area contributed by atoms with Crippen molar-refractivity contribution >= 4 is 11.9 Å². The molecule has 0 aliphatic carbocycles. The van der Waals surface area contributed by atoms with Gasteiger partial charge in [-0.3, -0.25) is 9.69 Å². The highest BCUT2D eigenvalue weighted by Crippen LogP contribution is 2.08. The van der Waals surface area contributed by atoms with E-state index in [0.717, 1.165) is 18.7 Å². The number of rotatable bonds is 5. The largest absolute Gasteiger partial charge is 0.463 e. The Balaban J connectivity index is 1.76. The number of carbonyl (C=O) groups excluding carboxylic acids is 2. The monoisotopic (exact) mass is 302 g/mol. The van der Waals surface area contributed by atoms with Gasteiger partial charge in [-0.25, -0.2) is 4.79 Å². The van der Waals surface area contributed by atoms with Crippen LogP contribution in [0.15, 0.2) is 42.5 Å². The third-order valence-electron chi connectivity index (χ3n) is 3.58. The van der Waals surface area contributed by atoms with Crippen LogP contribution in [0, 0.1) is 0 Å². The van der Waals surface area contributed by atoms with Gasteiger partial charge < -0.3 is 9.64 Å². The number of amides is 1. The molecule has 2 rings (SSSR count). The molecule has 0 bridgehead atoms. The molecule has 1 fully saturated rings. The molecule has 0 spiro atoms. The smallest absolute Gasteiger partial charge is 0.330 e. The Hall–Kier alpha value is -2.14. The lowest BCUT2D eigenvalue weighted by molar-refractivity contribution is -0.137. The van der Waals surface area contributed by atoms with E-state index < -0.39 is 0 Å². The van der Waals surface area contributed by atoms with Crippen LogP contribution in [0.25, 0.3) is 0 Å². The zero-order valence-electron chi connectivity index (χ0n) is 12.9. The molecule has 118 valence electrons. The Kier molecular flexibility index (Phi) is 6.15. The van der Waals surface area contributed by atoms with E-state index in [0.29, 0.717) is 26.2 Å². The van der Waals surface area contributed by atoms with Gasteiger partial charge in [-0.1, -0.05) is 24.3 Å². The van der Waals surface area contributed by atoms with E-state index in [9.17, 15) is 9.59 Å². The lowest BCUT2D eigenvalue weighted by Crippen LogP contribution is -2.48. The zero-order chi connectivity index (χ0) is 15.8. The second-order valence-electron chi connectivity index (χ2n) is 5.11. The number of nitrogens with zero attached hydrogens (tertiary/aromatic N) is 2. The molecule has 22 heavy (non-hydrogen) atoms. The summed E-state index contributed by atoms with van der Waals surface area (Å²) in [6.07, 6.45) is 3.28. The van der Waals surface area contributed by atoms with Gasteiger partial charge in [-0.15, -0.1) is 0 Å². The molecule has 0 aromatic heterocycles. The van der Waals surface area contributed by atoms with Crippen molar-refractivity contribution in [1.29, 1.82) is 0 Å². The molecule has 1 amide bonds. The van der Waals surface area contributed by atoms with E-state index >= 15 is 0 Å². The van der Waals surface area contributed by atoms with Crippen molar-refractivity contribution in [3.05, 3.63) is 48.0 Å². The summed E-state index contributed by atoms with van der Waals surface area (Å²) in [6.45, 7) is 5.92. The number of piperazine rings is 1. The van der Waals surface area contributed by atoms with E-state index in [-0.39, 0.29) is 11.9 Å². The minimum Gasteiger partial charge on any atom is -0.463 e. The maximum Gasteiger partial charge on any atom is 0.330 e. The third-order valence-corrected chi connectivity index (χ3v) is 3.58. The fourth-order valence-corrected chi connectivity index (χ4v) is 2.39. The maximum absolute atomic E-state index is 12.3. The molecular formula is C17H22N2O3. The van der Waals surface area contributed by atoms with Crippen molar-refractivity contribution in [2.24, 2.45) is 0 Å². The first-order chi connectivity index (χ1) is 10.7. The van der Waals surface area contributed by atoms with Crippen molar-refractivity contribution in [3.8, 4) is 0 Å². The number of carbonyl (C=O) groups is 2. The van der Waals surface area contributed by atoms with E-state index in [4.69, 9.17) is 4.74 Å². The number of hydrogen-bond donors (Lipinski definition) is 0. The molecule has 0 atom stereocenters. The summed E-state index contributed by atoms with van der Waals surface area (Å²) in [5, 5.41) is 0. The number of esters is 1. The Morgan fingerprint density at radius 1 is 1.14 bits per heavy atom. The van der Waals surface area contributed by atoms with Crippen molar-refractivity contribution in [3.63, 3.8) is 0 Å². The molecule has 1 heterocycles. The fourth-order valence-electron chi connectivity index (χ4n) is 2.39. The topological polar surface area (TPSA) is 49.9 Å². The predicted molar refractivity (Wildman–Crippen MR) is 84.6 cm³/mol. The average molecular weight is 302 g/mol. The molecule has 1 aliphatic heterocycles. The lowest BCUT2D eigenvalue weighted by atomic mass is 10.2. The molecule has 0 unspecified atom stereocenters. The van der Waals surface area contributed by atoms with Crippen molar-refractivity contribution in [2.45, 2.75) is 6.92 Å². The van der Waals surface area contributed by atoms with Crippen LogP contribution >= 0.6 is 0 Å². The molecular weight excluding hydrogens is 280 g/mol. The Bertz CT molecular complexity index is 520. The summed E-state index contributed by atoms with van der Waals surface area (Å²) in [4.78, 5) is 27.6. The Morgan fingerprint density at radius 2 is 1.82 bits per heavy atom. The summed E-state index contributed by atoms with van der Waals surface area (Å²) in [7, 11) is 0. The average Bonchev–Trinajstić information content (AvgIpc) is 2.56. The first kappa shape index (κ1) is 16.2. The van der Waals surface area contributed by atoms with Gasteiger partial charge in [0.05, 0.1) is 6.61 Å². The lowest BCUT2D eigenvalue weighted by Gasteiger charge is -2.34. The highest BCUT2D eigenvalue weighted by Gasteiger charge is 2.21. The molecule has 0 N–H and O–H groups in total. The van der Waals surface area contributed by atoms with Crippen molar-refractivity contribution in [2.75, 3.05) is 39.3 Å². The Labute approximate surface area is 131 Å². The van der Waals surface area contributed by atoms with Gasteiger partial charge in [0.1, 0.15) is 0 Å². The minimum absolute atomic E-state index is 0.0855. The maximum atomic E-state index is 12.3. The highest BCUT2D eigenvalue weighted by atomic mass is 16.5.